The number of alkyl halides is 3. The average Bonchev–Trinajstić information content (AvgIpc) is 3.15. The van der Waals surface area contributed by atoms with Gasteiger partial charge in [0.05, 0.1) is 23.3 Å². The first-order valence-corrected chi connectivity index (χ1v) is 11.2. The number of nitrogens with zero attached hydrogens (tertiary/aromatic N) is 4. The van der Waals surface area contributed by atoms with E-state index in [2.05, 4.69) is 15.3 Å². The Labute approximate surface area is 200 Å². The molecule has 1 aliphatic rings. The van der Waals surface area contributed by atoms with Gasteiger partial charge >= 0.3 is 12.3 Å². The number of hydrogen-bond donors (Lipinski definition) is 1. The van der Waals surface area contributed by atoms with Crippen molar-refractivity contribution in [3.63, 3.8) is 0 Å². The fraction of sp³-hybridized carbons (Fsp3) is 0.417. The van der Waals surface area contributed by atoms with Crippen LogP contribution in [-0.4, -0.2) is 50.1 Å². The van der Waals surface area contributed by atoms with Crippen LogP contribution in [0.2, 0.25) is 0 Å². The second kappa shape index (κ2) is 9.20. The Bertz CT molecular complexity index is 1250. The highest BCUT2D eigenvalue weighted by Crippen LogP contribution is 2.32. The van der Waals surface area contributed by atoms with E-state index in [0.29, 0.717) is 37.0 Å². The number of carbonyl (C=O) groups excluding carboxylic acids is 2. The maximum Gasteiger partial charge on any atom is 0.416 e. The smallest absolute Gasteiger partial charge is 0.416 e. The first-order valence-electron chi connectivity index (χ1n) is 11.2. The van der Waals surface area contributed by atoms with Crippen LogP contribution in [0.1, 0.15) is 55.6 Å². The topological polar surface area (TPSA) is 89.4 Å². The molecule has 1 N–H and O–H groups in total. The zero-order valence-corrected chi connectivity index (χ0v) is 19.6. The minimum absolute atomic E-state index is 0.143. The number of amides is 2. The summed E-state index contributed by atoms with van der Waals surface area (Å²) in [4.78, 5) is 35.7. The van der Waals surface area contributed by atoms with Crippen molar-refractivity contribution in [1.29, 1.82) is 0 Å². The van der Waals surface area contributed by atoms with Crippen LogP contribution in [0, 0.1) is 0 Å². The Morgan fingerprint density at radius 3 is 2.66 bits per heavy atom. The summed E-state index contributed by atoms with van der Waals surface area (Å²) < 4.78 is 46.7. The highest BCUT2D eigenvalue weighted by Gasteiger charge is 2.32. The molecule has 2 amide bonds. The van der Waals surface area contributed by atoms with Crippen molar-refractivity contribution in [3.8, 4) is 0 Å². The van der Waals surface area contributed by atoms with Gasteiger partial charge in [-0.2, -0.15) is 13.2 Å². The first-order chi connectivity index (χ1) is 16.4. The van der Waals surface area contributed by atoms with Crippen LogP contribution in [0.15, 0.2) is 42.7 Å². The molecular weight excluding hydrogens is 463 g/mol. The predicted octanol–water partition coefficient (Wildman–Crippen LogP) is 5.27. The maximum atomic E-state index is 13.1. The van der Waals surface area contributed by atoms with E-state index in [0.717, 1.165) is 12.1 Å². The molecule has 186 valence electrons. The molecule has 2 aromatic heterocycles. The van der Waals surface area contributed by atoms with E-state index in [4.69, 9.17) is 4.74 Å². The Balaban J connectivity index is 1.64. The zero-order chi connectivity index (χ0) is 25.4. The van der Waals surface area contributed by atoms with Gasteiger partial charge in [0.15, 0.2) is 0 Å². The van der Waals surface area contributed by atoms with Crippen molar-refractivity contribution in [1.82, 2.24) is 19.4 Å². The normalized spacial score (nSPS) is 16.9. The number of pyridine rings is 1. The molecule has 1 fully saturated rings. The lowest BCUT2D eigenvalue weighted by Gasteiger charge is -2.35. The van der Waals surface area contributed by atoms with Crippen LogP contribution < -0.4 is 5.32 Å². The van der Waals surface area contributed by atoms with Gasteiger partial charge in [0.25, 0.3) is 5.91 Å². The standard InChI is InChI=1S/C24H26F3N5O3/c1-23(2,3)35-22(34)31-11-5-8-17(14-31)32-19-9-10-28-13-18(19)29-21(32)30-20(33)15-6-4-7-16(12-15)24(25,26)27/h4,6-7,9-10,12-13,17H,5,8,11,14H2,1-3H3,(H,29,30,33). The van der Waals surface area contributed by atoms with Crippen molar-refractivity contribution in [2.24, 2.45) is 0 Å². The van der Waals surface area contributed by atoms with Gasteiger partial charge in [-0.05, 0) is 57.9 Å². The van der Waals surface area contributed by atoms with Gasteiger partial charge in [0, 0.05) is 24.8 Å². The number of halogens is 3. The molecule has 0 bridgehead atoms. The number of hydrogen-bond acceptors (Lipinski definition) is 5. The summed E-state index contributed by atoms with van der Waals surface area (Å²) in [5, 5.41) is 2.66. The lowest BCUT2D eigenvalue weighted by atomic mass is 10.1. The summed E-state index contributed by atoms with van der Waals surface area (Å²) in [7, 11) is 0. The molecule has 11 heteroatoms. The Kier molecular flexibility index (Phi) is 6.44. The second-order valence-electron chi connectivity index (χ2n) is 9.42. The molecule has 8 nitrogen and oxygen atoms in total. The largest absolute Gasteiger partial charge is 0.444 e. The number of carbonyl (C=O) groups is 2. The fourth-order valence-corrected chi connectivity index (χ4v) is 4.08. The summed E-state index contributed by atoms with van der Waals surface area (Å²) >= 11 is 0. The predicted molar refractivity (Wildman–Crippen MR) is 123 cm³/mol. The van der Waals surface area contributed by atoms with E-state index >= 15 is 0 Å². The average molecular weight is 489 g/mol. The highest BCUT2D eigenvalue weighted by molar-refractivity contribution is 6.04. The van der Waals surface area contributed by atoms with Crippen LogP contribution in [0.4, 0.5) is 23.9 Å². The molecule has 1 aromatic carbocycles. The third-order valence-corrected chi connectivity index (χ3v) is 5.58. The van der Waals surface area contributed by atoms with E-state index in [-0.39, 0.29) is 17.6 Å². The molecule has 4 rings (SSSR count). The summed E-state index contributed by atoms with van der Waals surface area (Å²) in [6, 6.07) is 5.71. The number of aromatic nitrogens is 3. The lowest BCUT2D eigenvalue weighted by Crippen LogP contribution is -2.43. The van der Waals surface area contributed by atoms with Crippen molar-refractivity contribution in [3.05, 3.63) is 53.9 Å². The molecule has 1 atom stereocenters. The molecule has 3 heterocycles. The Morgan fingerprint density at radius 2 is 1.94 bits per heavy atom. The molecule has 1 unspecified atom stereocenters. The van der Waals surface area contributed by atoms with E-state index < -0.39 is 29.3 Å². The van der Waals surface area contributed by atoms with Gasteiger partial charge in [-0.25, -0.2) is 9.78 Å². The van der Waals surface area contributed by atoms with Crippen molar-refractivity contribution in [2.45, 2.75) is 51.4 Å². The highest BCUT2D eigenvalue weighted by atomic mass is 19.4. The number of anilines is 1. The molecule has 35 heavy (non-hydrogen) atoms. The van der Waals surface area contributed by atoms with Crippen LogP contribution in [0.25, 0.3) is 11.0 Å². The van der Waals surface area contributed by atoms with Crippen molar-refractivity contribution in [2.75, 3.05) is 18.4 Å². The molecule has 1 aliphatic heterocycles. The third-order valence-electron chi connectivity index (χ3n) is 5.58. The molecule has 3 aromatic rings. The van der Waals surface area contributed by atoms with Crippen molar-refractivity contribution < 1.29 is 27.5 Å². The summed E-state index contributed by atoms with van der Waals surface area (Å²) in [6.07, 6.45) is -0.451. The lowest BCUT2D eigenvalue weighted by molar-refractivity contribution is -0.137. The number of ether oxygens (including phenoxy) is 1. The number of benzene rings is 1. The summed E-state index contributed by atoms with van der Waals surface area (Å²) in [5.41, 5.74) is -0.489. The number of piperidine rings is 1. The van der Waals surface area contributed by atoms with E-state index in [9.17, 15) is 22.8 Å². The summed E-state index contributed by atoms with van der Waals surface area (Å²) in [5.74, 6) is -0.549. The van der Waals surface area contributed by atoms with E-state index in [1.54, 1.807) is 48.7 Å². The number of likely N-dealkylation sites (tertiary alicyclic amines) is 1. The fourth-order valence-electron chi connectivity index (χ4n) is 4.08. The van der Waals surface area contributed by atoms with Crippen LogP contribution in [0.5, 0.6) is 0 Å². The van der Waals surface area contributed by atoms with Crippen LogP contribution in [0.3, 0.4) is 0 Å². The molecular formula is C24H26F3N5O3. The van der Waals surface area contributed by atoms with E-state index in [1.165, 1.54) is 12.1 Å². The molecule has 0 spiro atoms. The molecule has 1 saturated heterocycles. The molecule has 0 saturated carbocycles. The van der Waals surface area contributed by atoms with E-state index in [1.807, 2.05) is 0 Å². The summed E-state index contributed by atoms with van der Waals surface area (Å²) in [6.45, 7) is 6.25. The monoisotopic (exact) mass is 489 g/mol. The van der Waals surface area contributed by atoms with Gasteiger partial charge in [-0.1, -0.05) is 6.07 Å². The Morgan fingerprint density at radius 1 is 1.17 bits per heavy atom. The van der Waals surface area contributed by atoms with Gasteiger partial charge in [0.1, 0.15) is 11.1 Å². The molecule has 0 aliphatic carbocycles. The van der Waals surface area contributed by atoms with Gasteiger partial charge in [-0.3, -0.25) is 15.1 Å². The SMILES string of the molecule is CC(C)(C)OC(=O)N1CCCC(n2c(NC(=O)c3cccc(C(F)(F)F)c3)nc3cnccc32)C1. The van der Waals surface area contributed by atoms with Gasteiger partial charge in [-0.15, -0.1) is 0 Å². The minimum atomic E-state index is -4.57. The van der Waals surface area contributed by atoms with Crippen molar-refractivity contribution >= 4 is 29.0 Å². The number of rotatable bonds is 3. The second-order valence-corrected chi connectivity index (χ2v) is 9.42. The maximum absolute atomic E-state index is 13.1. The number of nitrogens with one attached hydrogen (secondary N) is 1. The van der Waals surface area contributed by atoms with Crippen LogP contribution in [-0.2, 0) is 10.9 Å². The van der Waals surface area contributed by atoms with Gasteiger partial charge in [0.2, 0.25) is 5.95 Å². The minimum Gasteiger partial charge on any atom is -0.444 e. The molecule has 0 radical (unpaired) electrons. The number of fused-ring (bicyclic) bond motifs is 1. The number of imidazole rings is 1. The zero-order valence-electron chi connectivity index (χ0n) is 19.6. The Hall–Kier alpha value is -3.63. The van der Waals surface area contributed by atoms with Gasteiger partial charge < -0.3 is 14.2 Å². The third kappa shape index (κ3) is 5.55. The first kappa shape index (κ1) is 24.5. The quantitative estimate of drug-likeness (QED) is 0.541. The van der Waals surface area contributed by atoms with Crippen LogP contribution >= 0.6 is 0 Å².